The van der Waals surface area contributed by atoms with E-state index in [9.17, 15) is 14.9 Å². The van der Waals surface area contributed by atoms with E-state index < -0.39 is 4.92 Å². The summed E-state index contributed by atoms with van der Waals surface area (Å²) in [5.74, 6) is 0.111. The molecule has 2 aromatic rings. The predicted molar refractivity (Wildman–Crippen MR) is 89.9 cm³/mol. The standard InChI is InChI=1S/C16H10BrN3O3/c17-12-5-2-4-11(9-12)15-18-14(16(21)19-15)8-10-3-1-6-13(7-10)20(22)23/h1-9H,(H,18,19,21). The van der Waals surface area contributed by atoms with E-state index in [4.69, 9.17) is 0 Å². The maximum absolute atomic E-state index is 12.0. The van der Waals surface area contributed by atoms with Gasteiger partial charge in [-0.25, -0.2) is 4.99 Å². The van der Waals surface area contributed by atoms with Gasteiger partial charge in [0.25, 0.3) is 11.6 Å². The van der Waals surface area contributed by atoms with Gasteiger partial charge < -0.3 is 5.32 Å². The molecule has 0 saturated heterocycles. The van der Waals surface area contributed by atoms with Crippen LogP contribution in [0.15, 0.2) is 63.7 Å². The molecule has 1 aliphatic rings. The number of amidine groups is 1. The Morgan fingerprint density at radius 2 is 1.96 bits per heavy atom. The Labute approximate surface area is 139 Å². The molecule has 0 aliphatic carbocycles. The summed E-state index contributed by atoms with van der Waals surface area (Å²) < 4.78 is 0.878. The number of carbonyl (C=O) groups excluding carboxylic acids is 1. The average molecular weight is 372 g/mol. The zero-order chi connectivity index (χ0) is 16.4. The molecule has 7 heteroatoms. The first-order chi connectivity index (χ1) is 11.0. The van der Waals surface area contributed by atoms with Crippen LogP contribution < -0.4 is 5.32 Å². The number of nitro benzene ring substituents is 1. The highest BCUT2D eigenvalue weighted by molar-refractivity contribution is 9.10. The van der Waals surface area contributed by atoms with Crippen LogP contribution in [-0.2, 0) is 4.79 Å². The Kier molecular flexibility index (Phi) is 4.03. The van der Waals surface area contributed by atoms with Crippen LogP contribution in [-0.4, -0.2) is 16.7 Å². The highest BCUT2D eigenvalue weighted by Gasteiger charge is 2.21. The van der Waals surface area contributed by atoms with Crippen LogP contribution in [0.25, 0.3) is 6.08 Å². The molecule has 114 valence electrons. The number of non-ortho nitro benzene ring substituents is 1. The quantitative estimate of drug-likeness (QED) is 0.510. The summed E-state index contributed by atoms with van der Waals surface area (Å²) in [4.78, 5) is 26.6. The van der Waals surface area contributed by atoms with Gasteiger partial charge in [-0.1, -0.05) is 40.2 Å². The van der Waals surface area contributed by atoms with E-state index in [1.807, 2.05) is 24.3 Å². The molecule has 1 N–H and O–H groups in total. The summed E-state index contributed by atoms with van der Waals surface area (Å²) in [5.41, 5.74) is 1.49. The van der Waals surface area contributed by atoms with Gasteiger partial charge in [-0.3, -0.25) is 14.9 Å². The fraction of sp³-hybridized carbons (Fsp3) is 0. The molecule has 0 unspecified atom stereocenters. The molecule has 1 amide bonds. The SMILES string of the molecule is O=C1NC(c2cccc(Br)c2)=NC1=Cc1cccc([N+](=O)[O-])c1. The molecule has 0 radical (unpaired) electrons. The van der Waals surface area contributed by atoms with Gasteiger partial charge in [-0.15, -0.1) is 0 Å². The van der Waals surface area contributed by atoms with Gasteiger partial charge >= 0.3 is 0 Å². The third-order valence-corrected chi connectivity index (χ3v) is 3.67. The minimum Gasteiger partial charge on any atom is -0.305 e. The van der Waals surface area contributed by atoms with Gasteiger partial charge in [-0.2, -0.15) is 0 Å². The molecular formula is C16H10BrN3O3. The Morgan fingerprint density at radius 1 is 1.17 bits per heavy atom. The topological polar surface area (TPSA) is 84.6 Å². The number of carbonyl (C=O) groups is 1. The molecule has 2 aromatic carbocycles. The first kappa shape index (κ1) is 15.1. The number of rotatable bonds is 3. The summed E-state index contributed by atoms with van der Waals surface area (Å²) in [7, 11) is 0. The molecule has 1 heterocycles. The van der Waals surface area contributed by atoms with Crippen molar-refractivity contribution in [3.63, 3.8) is 0 Å². The Morgan fingerprint density at radius 3 is 2.70 bits per heavy atom. The lowest BCUT2D eigenvalue weighted by Crippen LogP contribution is -2.24. The van der Waals surface area contributed by atoms with Crippen molar-refractivity contribution < 1.29 is 9.72 Å². The van der Waals surface area contributed by atoms with Crippen LogP contribution >= 0.6 is 15.9 Å². The lowest BCUT2D eigenvalue weighted by molar-refractivity contribution is -0.384. The van der Waals surface area contributed by atoms with Crippen molar-refractivity contribution in [2.75, 3.05) is 0 Å². The van der Waals surface area contributed by atoms with Crippen molar-refractivity contribution >= 4 is 39.4 Å². The van der Waals surface area contributed by atoms with Crippen molar-refractivity contribution in [2.24, 2.45) is 4.99 Å². The van der Waals surface area contributed by atoms with Crippen molar-refractivity contribution in [1.29, 1.82) is 0 Å². The molecule has 23 heavy (non-hydrogen) atoms. The van der Waals surface area contributed by atoms with Gasteiger partial charge in [0.05, 0.1) is 4.92 Å². The van der Waals surface area contributed by atoms with E-state index in [-0.39, 0.29) is 17.3 Å². The normalized spacial score (nSPS) is 15.4. The fourth-order valence-corrected chi connectivity index (χ4v) is 2.53. The number of amides is 1. The molecule has 0 atom stereocenters. The maximum atomic E-state index is 12.0. The van der Waals surface area contributed by atoms with Crippen LogP contribution in [0.2, 0.25) is 0 Å². The second-order valence-corrected chi connectivity index (χ2v) is 5.72. The number of nitrogens with one attached hydrogen (secondary N) is 1. The van der Waals surface area contributed by atoms with Crippen LogP contribution in [0, 0.1) is 10.1 Å². The molecular weight excluding hydrogens is 362 g/mol. The number of nitrogens with zero attached hydrogens (tertiary/aromatic N) is 2. The van der Waals surface area contributed by atoms with E-state index in [1.165, 1.54) is 18.2 Å². The second kappa shape index (κ2) is 6.13. The van der Waals surface area contributed by atoms with Gasteiger partial charge in [0, 0.05) is 22.2 Å². The summed E-state index contributed by atoms with van der Waals surface area (Å²) in [6, 6.07) is 13.4. The lowest BCUT2D eigenvalue weighted by atomic mass is 10.1. The van der Waals surface area contributed by atoms with E-state index >= 15 is 0 Å². The number of halogens is 1. The molecule has 0 fully saturated rings. The molecule has 3 rings (SSSR count). The fourth-order valence-electron chi connectivity index (χ4n) is 2.13. The lowest BCUT2D eigenvalue weighted by Gasteiger charge is -2.00. The van der Waals surface area contributed by atoms with Crippen molar-refractivity contribution in [1.82, 2.24) is 5.32 Å². The molecule has 1 aliphatic heterocycles. The van der Waals surface area contributed by atoms with Gasteiger partial charge in [0.2, 0.25) is 0 Å². The second-order valence-electron chi connectivity index (χ2n) is 4.81. The first-order valence-electron chi connectivity index (χ1n) is 6.65. The highest BCUT2D eigenvalue weighted by Crippen LogP contribution is 2.20. The van der Waals surface area contributed by atoms with Gasteiger partial charge in [0.1, 0.15) is 11.5 Å². The monoisotopic (exact) mass is 371 g/mol. The molecule has 0 aromatic heterocycles. The van der Waals surface area contributed by atoms with Crippen molar-refractivity contribution in [3.8, 4) is 0 Å². The molecule has 6 nitrogen and oxygen atoms in total. The highest BCUT2D eigenvalue weighted by atomic mass is 79.9. The smallest absolute Gasteiger partial charge is 0.275 e. The maximum Gasteiger partial charge on any atom is 0.275 e. The number of aliphatic imine (C=N–C) groups is 1. The number of hydrogen-bond donors (Lipinski definition) is 1. The van der Waals surface area contributed by atoms with Crippen LogP contribution in [0.3, 0.4) is 0 Å². The largest absolute Gasteiger partial charge is 0.305 e. The Hall–Kier alpha value is -2.80. The molecule has 0 saturated carbocycles. The van der Waals surface area contributed by atoms with E-state index in [0.29, 0.717) is 11.4 Å². The third kappa shape index (κ3) is 3.35. The van der Waals surface area contributed by atoms with Gasteiger partial charge in [0.15, 0.2) is 0 Å². The van der Waals surface area contributed by atoms with Crippen LogP contribution in [0.5, 0.6) is 0 Å². The van der Waals surface area contributed by atoms with Crippen LogP contribution in [0.1, 0.15) is 11.1 Å². The van der Waals surface area contributed by atoms with Crippen molar-refractivity contribution in [3.05, 3.63) is 79.9 Å². The van der Waals surface area contributed by atoms with E-state index in [1.54, 1.807) is 12.1 Å². The summed E-state index contributed by atoms with van der Waals surface area (Å²) in [6.07, 6.45) is 1.52. The number of benzene rings is 2. The Balaban J connectivity index is 1.95. The number of nitro groups is 1. The number of hydrogen-bond acceptors (Lipinski definition) is 4. The zero-order valence-electron chi connectivity index (χ0n) is 11.7. The van der Waals surface area contributed by atoms with Crippen molar-refractivity contribution in [2.45, 2.75) is 0 Å². The predicted octanol–water partition coefficient (Wildman–Crippen LogP) is 3.27. The van der Waals surface area contributed by atoms with Gasteiger partial charge in [-0.05, 0) is 23.8 Å². The summed E-state index contributed by atoms with van der Waals surface area (Å²) >= 11 is 3.37. The molecule has 0 bridgehead atoms. The minimum absolute atomic E-state index is 0.0334. The minimum atomic E-state index is -0.479. The third-order valence-electron chi connectivity index (χ3n) is 3.18. The zero-order valence-corrected chi connectivity index (χ0v) is 13.3. The summed E-state index contributed by atoms with van der Waals surface area (Å²) in [6.45, 7) is 0. The van der Waals surface area contributed by atoms with Crippen LogP contribution in [0.4, 0.5) is 5.69 Å². The summed E-state index contributed by atoms with van der Waals surface area (Å²) in [5, 5.41) is 13.5. The Bertz CT molecular complexity index is 874. The van der Waals surface area contributed by atoms with E-state index in [0.717, 1.165) is 10.0 Å². The first-order valence-corrected chi connectivity index (χ1v) is 7.44. The molecule has 0 spiro atoms. The van der Waals surface area contributed by atoms with E-state index in [2.05, 4.69) is 26.2 Å². The average Bonchev–Trinajstić information content (AvgIpc) is 2.89.